The van der Waals surface area contributed by atoms with Crippen molar-refractivity contribution in [2.24, 2.45) is 0 Å². The van der Waals surface area contributed by atoms with Crippen LogP contribution in [-0.2, 0) is 6.54 Å². The molecule has 100 valence electrons. The first-order valence-corrected chi connectivity index (χ1v) is 6.28. The lowest BCUT2D eigenvalue weighted by Crippen LogP contribution is -2.28. The zero-order chi connectivity index (χ0) is 14.4. The number of hydrogen-bond acceptors (Lipinski definition) is 2. The molecule has 0 unspecified atom stereocenters. The van der Waals surface area contributed by atoms with Crippen molar-refractivity contribution in [1.29, 1.82) is 5.26 Å². The number of anilines is 1. The predicted octanol–water partition coefficient (Wildman–Crippen LogP) is 3.19. The lowest BCUT2D eigenvalue weighted by atomic mass is 10.1. The molecule has 0 aliphatic rings. The second-order valence-corrected chi connectivity index (χ2v) is 4.45. The van der Waals surface area contributed by atoms with Crippen LogP contribution in [0.1, 0.15) is 16.7 Å². The molecule has 0 bridgehead atoms. The number of amides is 2. The zero-order valence-corrected chi connectivity index (χ0v) is 11.2. The third-order valence-electron chi connectivity index (χ3n) is 2.87. The van der Waals surface area contributed by atoms with Crippen LogP contribution < -0.4 is 10.6 Å². The van der Waals surface area contributed by atoms with Crippen molar-refractivity contribution in [3.63, 3.8) is 0 Å². The van der Waals surface area contributed by atoms with Gasteiger partial charge < -0.3 is 10.6 Å². The highest BCUT2D eigenvalue weighted by Crippen LogP contribution is 2.13. The van der Waals surface area contributed by atoms with E-state index in [1.54, 1.807) is 24.3 Å². The lowest BCUT2D eigenvalue weighted by Gasteiger charge is -2.09. The summed E-state index contributed by atoms with van der Waals surface area (Å²) in [5.74, 6) is 0. The maximum atomic E-state index is 11.8. The van der Waals surface area contributed by atoms with Crippen LogP contribution in [0.25, 0.3) is 0 Å². The van der Waals surface area contributed by atoms with Gasteiger partial charge in [0.15, 0.2) is 0 Å². The molecular weight excluding hydrogens is 250 g/mol. The summed E-state index contributed by atoms with van der Waals surface area (Å²) in [5.41, 5.74) is 3.16. The van der Waals surface area contributed by atoms with Gasteiger partial charge in [0.2, 0.25) is 0 Å². The normalized spacial score (nSPS) is 9.60. The molecule has 2 rings (SSSR count). The van der Waals surface area contributed by atoms with Crippen molar-refractivity contribution < 1.29 is 4.79 Å². The van der Waals surface area contributed by atoms with Gasteiger partial charge in [-0.05, 0) is 24.6 Å². The molecule has 20 heavy (non-hydrogen) atoms. The second-order valence-electron chi connectivity index (χ2n) is 4.45. The van der Waals surface area contributed by atoms with Crippen LogP contribution in [0.5, 0.6) is 0 Å². The van der Waals surface area contributed by atoms with Crippen LogP contribution in [0.4, 0.5) is 10.5 Å². The number of nitrogens with zero attached hydrogens (tertiary/aromatic N) is 1. The lowest BCUT2D eigenvalue weighted by molar-refractivity contribution is 0.251. The van der Waals surface area contributed by atoms with Crippen LogP contribution >= 0.6 is 0 Å². The van der Waals surface area contributed by atoms with Gasteiger partial charge in [0.05, 0.1) is 11.3 Å². The maximum Gasteiger partial charge on any atom is 0.319 e. The van der Waals surface area contributed by atoms with Gasteiger partial charge in [-0.2, -0.15) is 5.26 Å². The topological polar surface area (TPSA) is 64.9 Å². The quantitative estimate of drug-likeness (QED) is 0.895. The van der Waals surface area contributed by atoms with Crippen LogP contribution in [-0.4, -0.2) is 6.03 Å². The number of nitrogens with one attached hydrogen (secondary N) is 2. The van der Waals surface area contributed by atoms with Gasteiger partial charge in [-0.3, -0.25) is 0 Å². The first-order chi connectivity index (χ1) is 9.69. The number of nitriles is 1. The van der Waals surface area contributed by atoms with Gasteiger partial charge in [-0.1, -0.05) is 42.0 Å². The van der Waals surface area contributed by atoms with Gasteiger partial charge in [0.1, 0.15) is 6.07 Å². The van der Waals surface area contributed by atoms with Gasteiger partial charge in [-0.25, -0.2) is 4.79 Å². The van der Waals surface area contributed by atoms with Crippen LogP contribution in [0.3, 0.4) is 0 Å². The average molecular weight is 265 g/mol. The van der Waals surface area contributed by atoms with E-state index >= 15 is 0 Å². The van der Waals surface area contributed by atoms with Crippen LogP contribution in [0.2, 0.25) is 0 Å². The summed E-state index contributed by atoms with van der Waals surface area (Å²) in [7, 11) is 0. The molecule has 0 saturated carbocycles. The molecular formula is C16H15N3O. The molecule has 4 heteroatoms. The van der Waals surface area contributed by atoms with Crippen LogP contribution in [0, 0.1) is 18.3 Å². The second kappa shape index (κ2) is 6.39. The first-order valence-electron chi connectivity index (χ1n) is 6.28. The van der Waals surface area contributed by atoms with E-state index in [2.05, 4.69) is 10.6 Å². The van der Waals surface area contributed by atoms with E-state index in [1.807, 2.05) is 37.3 Å². The maximum absolute atomic E-state index is 11.8. The van der Waals surface area contributed by atoms with E-state index in [9.17, 15) is 4.79 Å². The highest BCUT2D eigenvalue weighted by molar-refractivity contribution is 5.90. The van der Waals surface area contributed by atoms with Crippen molar-refractivity contribution >= 4 is 11.7 Å². The minimum absolute atomic E-state index is 0.326. The molecule has 0 fully saturated rings. The number of carbonyl (C=O) groups is 1. The first kappa shape index (κ1) is 13.6. The Labute approximate surface area is 118 Å². The van der Waals surface area contributed by atoms with Crippen molar-refractivity contribution in [2.45, 2.75) is 13.5 Å². The molecule has 0 atom stereocenters. The average Bonchev–Trinajstić information content (AvgIpc) is 2.47. The third kappa shape index (κ3) is 3.59. The Balaban J connectivity index is 1.93. The summed E-state index contributed by atoms with van der Waals surface area (Å²) in [5, 5.41) is 14.4. The van der Waals surface area contributed by atoms with Crippen molar-refractivity contribution in [3.8, 4) is 6.07 Å². The number of urea groups is 1. The number of rotatable bonds is 3. The van der Waals surface area contributed by atoms with E-state index in [1.165, 1.54) is 5.56 Å². The molecule has 0 aliphatic carbocycles. The summed E-state index contributed by atoms with van der Waals surface area (Å²) in [6.07, 6.45) is 0. The van der Waals surface area contributed by atoms with E-state index in [0.717, 1.165) is 5.56 Å². The fourth-order valence-corrected chi connectivity index (χ4v) is 1.74. The number of benzene rings is 2. The fourth-order valence-electron chi connectivity index (χ4n) is 1.74. The minimum atomic E-state index is -0.326. The monoisotopic (exact) mass is 265 g/mol. The van der Waals surface area contributed by atoms with Gasteiger partial charge in [0.25, 0.3) is 0 Å². The van der Waals surface area contributed by atoms with Gasteiger partial charge in [-0.15, -0.1) is 0 Å². The van der Waals surface area contributed by atoms with Gasteiger partial charge >= 0.3 is 6.03 Å². The third-order valence-corrected chi connectivity index (χ3v) is 2.87. The van der Waals surface area contributed by atoms with E-state index in [-0.39, 0.29) is 6.03 Å². The number of aryl methyl sites for hydroxylation is 1. The summed E-state index contributed by atoms with van der Waals surface area (Å²) < 4.78 is 0. The Bertz CT molecular complexity index is 642. The molecule has 0 heterocycles. The Morgan fingerprint density at radius 3 is 2.55 bits per heavy atom. The largest absolute Gasteiger partial charge is 0.334 e. The molecule has 2 amide bonds. The molecule has 0 aromatic heterocycles. The van der Waals surface area contributed by atoms with Crippen LogP contribution in [0.15, 0.2) is 48.5 Å². The van der Waals surface area contributed by atoms with E-state index in [4.69, 9.17) is 5.26 Å². The molecule has 0 aliphatic heterocycles. The SMILES string of the molecule is Cc1ccc(CNC(=O)Nc2ccccc2C#N)cc1. The van der Waals surface area contributed by atoms with Crippen molar-refractivity contribution in [2.75, 3.05) is 5.32 Å². The predicted molar refractivity (Wildman–Crippen MR) is 78.2 cm³/mol. The van der Waals surface area contributed by atoms with Gasteiger partial charge in [0, 0.05) is 6.54 Å². The summed E-state index contributed by atoms with van der Waals surface area (Å²) in [6, 6.07) is 16.5. The Kier molecular flexibility index (Phi) is 4.35. The molecule has 0 spiro atoms. The Morgan fingerprint density at radius 1 is 1.15 bits per heavy atom. The molecule has 2 aromatic carbocycles. The summed E-state index contributed by atoms with van der Waals surface area (Å²) in [6.45, 7) is 2.46. The molecule has 0 saturated heterocycles. The summed E-state index contributed by atoms with van der Waals surface area (Å²) in [4.78, 5) is 11.8. The molecule has 4 nitrogen and oxygen atoms in total. The highest BCUT2D eigenvalue weighted by Gasteiger charge is 2.05. The molecule has 2 N–H and O–H groups in total. The standard InChI is InChI=1S/C16H15N3O/c1-12-6-8-13(9-7-12)11-18-16(20)19-15-5-3-2-4-14(15)10-17/h2-9H,11H2,1H3,(H2,18,19,20). The smallest absolute Gasteiger partial charge is 0.319 e. The Hall–Kier alpha value is -2.80. The zero-order valence-electron chi connectivity index (χ0n) is 11.2. The number of para-hydroxylation sites is 1. The summed E-state index contributed by atoms with van der Waals surface area (Å²) >= 11 is 0. The minimum Gasteiger partial charge on any atom is -0.334 e. The van der Waals surface area contributed by atoms with Crippen molar-refractivity contribution in [3.05, 3.63) is 65.2 Å². The fraction of sp³-hybridized carbons (Fsp3) is 0.125. The molecule has 0 radical (unpaired) electrons. The van der Waals surface area contributed by atoms with E-state index in [0.29, 0.717) is 17.8 Å². The Morgan fingerprint density at radius 2 is 1.85 bits per heavy atom. The van der Waals surface area contributed by atoms with E-state index < -0.39 is 0 Å². The molecule has 2 aromatic rings. The highest BCUT2D eigenvalue weighted by atomic mass is 16.2. The number of carbonyl (C=O) groups excluding carboxylic acids is 1. The van der Waals surface area contributed by atoms with Crippen molar-refractivity contribution in [1.82, 2.24) is 5.32 Å². The number of hydrogen-bond donors (Lipinski definition) is 2.